The van der Waals surface area contributed by atoms with Crippen LogP contribution in [0.2, 0.25) is 0 Å². The highest BCUT2D eigenvalue weighted by atomic mass is 15.0. The van der Waals surface area contributed by atoms with Crippen LogP contribution >= 0.6 is 0 Å². The fraction of sp³-hybridized carbons (Fsp3) is 0. The molecule has 0 unspecified atom stereocenters. The van der Waals surface area contributed by atoms with E-state index in [1.54, 1.807) is 12.4 Å². The number of benzene rings is 5. The van der Waals surface area contributed by atoms with Crippen LogP contribution in [0.15, 0.2) is 170 Å². The van der Waals surface area contributed by atoms with Crippen molar-refractivity contribution in [2.75, 3.05) is 0 Å². The van der Waals surface area contributed by atoms with E-state index < -0.39 is 0 Å². The number of hydrogen-bond acceptors (Lipinski definition) is 6. The second-order valence-electron chi connectivity index (χ2n) is 11.3. The largest absolute Gasteiger partial charge is 0.265 e. The van der Waals surface area contributed by atoms with Gasteiger partial charge in [0.25, 0.3) is 0 Å². The SMILES string of the molecule is c1ccc(-c2nc(-c3ccncc3)cc(-c3cccc(-c4ccc(-c5nc(-c6ccccc6)nc(-c6ccccc6)n5)cc4)c3)n2)cc1. The van der Waals surface area contributed by atoms with Crippen LogP contribution < -0.4 is 0 Å². The van der Waals surface area contributed by atoms with Crippen molar-refractivity contribution in [3.05, 3.63) is 170 Å². The first kappa shape index (κ1) is 28.8. The smallest absolute Gasteiger partial charge is 0.164 e. The molecule has 8 aromatic rings. The van der Waals surface area contributed by atoms with Gasteiger partial charge in [0.15, 0.2) is 23.3 Å². The Morgan fingerprint density at radius 1 is 0.250 bits per heavy atom. The highest BCUT2D eigenvalue weighted by Gasteiger charge is 2.14. The van der Waals surface area contributed by atoms with Gasteiger partial charge in [-0.2, -0.15) is 0 Å². The molecular weight excluding hydrogens is 589 g/mol. The molecule has 0 amide bonds. The monoisotopic (exact) mass is 616 g/mol. The van der Waals surface area contributed by atoms with E-state index >= 15 is 0 Å². The van der Waals surface area contributed by atoms with Crippen molar-refractivity contribution in [3.8, 4) is 79.2 Å². The van der Waals surface area contributed by atoms with Crippen LogP contribution in [0.25, 0.3) is 79.2 Å². The molecule has 0 aliphatic rings. The number of pyridine rings is 1. The Morgan fingerprint density at radius 3 is 1.17 bits per heavy atom. The van der Waals surface area contributed by atoms with Crippen LogP contribution in [0, 0.1) is 0 Å². The van der Waals surface area contributed by atoms with Gasteiger partial charge in [0.05, 0.1) is 11.4 Å². The first-order chi connectivity index (χ1) is 23.8. The van der Waals surface area contributed by atoms with Crippen molar-refractivity contribution < 1.29 is 0 Å². The lowest BCUT2D eigenvalue weighted by atomic mass is 9.99. The summed E-state index contributed by atoms with van der Waals surface area (Å²) in [6.45, 7) is 0. The first-order valence-corrected chi connectivity index (χ1v) is 15.7. The Bertz CT molecular complexity index is 2190. The van der Waals surface area contributed by atoms with Crippen LogP contribution in [0.4, 0.5) is 0 Å². The molecule has 0 radical (unpaired) electrons. The lowest BCUT2D eigenvalue weighted by Crippen LogP contribution is -2.00. The molecule has 0 aliphatic heterocycles. The van der Waals surface area contributed by atoms with Gasteiger partial charge >= 0.3 is 0 Å². The van der Waals surface area contributed by atoms with E-state index in [-0.39, 0.29) is 0 Å². The van der Waals surface area contributed by atoms with E-state index in [4.69, 9.17) is 24.9 Å². The summed E-state index contributed by atoms with van der Waals surface area (Å²) in [4.78, 5) is 28.7. The summed E-state index contributed by atoms with van der Waals surface area (Å²) in [6.07, 6.45) is 3.57. The van der Waals surface area contributed by atoms with Gasteiger partial charge in [-0.3, -0.25) is 4.98 Å². The summed E-state index contributed by atoms with van der Waals surface area (Å²) >= 11 is 0. The molecule has 0 spiro atoms. The van der Waals surface area contributed by atoms with E-state index in [0.717, 1.165) is 55.9 Å². The zero-order chi connectivity index (χ0) is 32.1. The maximum atomic E-state index is 5.01. The Hall–Kier alpha value is -6.66. The summed E-state index contributed by atoms with van der Waals surface area (Å²) in [6, 6.07) is 52.9. The summed E-state index contributed by atoms with van der Waals surface area (Å²) in [5.74, 6) is 2.59. The van der Waals surface area contributed by atoms with Gasteiger partial charge in [-0.25, -0.2) is 24.9 Å². The lowest BCUT2D eigenvalue weighted by molar-refractivity contribution is 1.07. The third-order valence-electron chi connectivity index (χ3n) is 8.07. The van der Waals surface area contributed by atoms with Gasteiger partial charge in [0, 0.05) is 45.8 Å². The van der Waals surface area contributed by atoms with Crippen LogP contribution in [0.5, 0.6) is 0 Å². The molecule has 0 bridgehead atoms. The molecule has 3 aromatic heterocycles. The summed E-state index contributed by atoms with van der Waals surface area (Å²) in [5.41, 5.74) is 9.61. The second-order valence-corrected chi connectivity index (χ2v) is 11.3. The molecule has 0 aliphatic carbocycles. The Morgan fingerprint density at radius 2 is 0.646 bits per heavy atom. The molecule has 5 aromatic carbocycles. The van der Waals surface area contributed by atoms with E-state index in [1.807, 2.05) is 109 Å². The predicted molar refractivity (Wildman–Crippen MR) is 191 cm³/mol. The molecule has 0 fully saturated rings. The number of aromatic nitrogens is 6. The maximum Gasteiger partial charge on any atom is 0.164 e. The minimum atomic E-state index is 0.626. The van der Waals surface area contributed by atoms with Crippen LogP contribution in [0.1, 0.15) is 0 Å². The summed E-state index contributed by atoms with van der Waals surface area (Å²) in [5, 5.41) is 0. The second kappa shape index (κ2) is 13.0. The third-order valence-corrected chi connectivity index (χ3v) is 8.07. The van der Waals surface area contributed by atoms with Crippen molar-refractivity contribution in [1.82, 2.24) is 29.9 Å². The number of hydrogen-bond donors (Lipinski definition) is 0. The Balaban J connectivity index is 1.16. The normalized spacial score (nSPS) is 10.9. The molecule has 6 nitrogen and oxygen atoms in total. The molecule has 0 N–H and O–H groups in total. The average molecular weight is 617 g/mol. The maximum absolute atomic E-state index is 5.01. The van der Waals surface area contributed by atoms with Crippen molar-refractivity contribution in [2.45, 2.75) is 0 Å². The van der Waals surface area contributed by atoms with Gasteiger partial charge < -0.3 is 0 Å². The molecule has 3 heterocycles. The number of nitrogens with zero attached hydrogens (tertiary/aromatic N) is 6. The number of rotatable bonds is 7. The highest BCUT2D eigenvalue weighted by Crippen LogP contribution is 2.31. The summed E-state index contributed by atoms with van der Waals surface area (Å²) < 4.78 is 0. The molecule has 48 heavy (non-hydrogen) atoms. The molecule has 6 heteroatoms. The van der Waals surface area contributed by atoms with Crippen LogP contribution in [0.3, 0.4) is 0 Å². The molecule has 0 saturated carbocycles. The predicted octanol–water partition coefficient (Wildman–Crippen LogP) is 9.73. The molecule has 8 rings (SSSR count). The Kier molecular flexibility index (Phi) is 7.79. The van der Waals surface area contributed by atoms with Gasteiger partial charge in [-0.1, -0.05) is 133 Å². The molecule has 226 valence electrons. The molecule has 0 atom stereocenters. The average Bonchev–Trinajstić information content (AvgIpc) is 3.19. The van der Waals surface area contributed by atoms with Gasteiger partial charge in [0.2, 0.25) is 0 Å². The third kappa shape index (κ3) is 6.10. The van der Waals surface area contributed by atoms with Crippen molar-refractivity contribution in [1.29, 1.82) is 0 Å². The van der Waals surface area contributed by atoms with Crippen molar-refractivity contribution in [3.63, 3.8) is 0 Å². The minimum Gasteiger partial charge on any atom is -0.265 e. The quantitative estimate of drug-likeness (QED) is 0.177. The van der Waals surface area contributed by atoms with E-state index in [9.17, 15) is 0 Å². The minimum absolute atomic E-state index is 0.626. The van der Waals surface area contributed by atoms with Gasteiger partial charge in [-0.15, -0.1) is 0 Å². The van der Waals surface area contributed by atoms with E-state index in [2.05, 4.69) is 53.5 Å². The standard InChI is InChI=1S/C42H28N6/c1-4-11-31(12-5-1)39-44-37(30-23-25-43-26-24-30)28-38(45-39)36-18-10-17-35(27-36)29-19-21-34(22-20-29)42-47-40(32-13-6-2-7-14-32)46-41(48-42)33-15-8-3-9-16-33/h1-28H. The van der Waals surface area contributed by atoms with Gasteiger partial charge in [0.1, 0.15) is 0 Å². The lowest BCUT2D eigenvalue weighted by Gasteiger charge is -2.11. The van der Waals surface area contributed by atoms with Gasteiger partial charge in [-0.05, 0) is 35.4 Å². The van der Waals surface area contributed by atoms with E-state index in [0.29, 0.717) is 23.3 Å². The topological polar surface area (TPSA) is 77.3 Å². The van der Waals surface area contributed by atoms with Crippen LogP contribution in [-0.4, -0.2) is 29.9 Å². The first-order valence-electron chi connectivity index (χ1n) is 15.7. The molecule has 0 saturated heterocycles. The Labute approximate surface area is 278 Å². The summed E-state index contributed by atoms with van der Waals surface area (Å²) in [7, 11) is 0. The highest BCUT2D eigenvalue weighted by molar-refractivity contribution is 5.77. The fourth-order valence-corrected chi connectivity index (χ4v) is 5.59. The van der Waals surface area contributed by atoms with Crippen molar-refractivity contribution >= 4 is 0 Å². The van der Waals surface area contributed by atoms with Crippen molar-refractivity contribution in [2.24, 2.45) is 0 Å². The van der Waals surface area contributed by atoms with Crippen LogP contribution in [-0.2, 0) is 0 Å². The fourth-order valence-electron chi connectivity index (χ4n) is 5.59. The zero-order valence-corrected chi connectivity index (χ0v) is 25.8. The molecular formula is C42H28N6. The van der Waals surface area contributed by atoms with E-state index in [1.165, 1.54) is 0 Å². The zero-order valence-electron chi connectivity index (χ0n) is 25.8.